The summed E-state index contributed by atoms with van der Waals surface area (Å²) in [5, 5.41) is 0. The molecule has 0 bridgehead atoms. The van der Waals surface area contributed by atoms with Crippen LogP contribution in [-0.4, -0.2) is 31.9 Å². The van der Waals surface area contributed by atoms with Crippen molar-refractivity contribution in [1.82, 2.24) is 4.31 Å². The lowest BCUT2D eigenvalue weighted by molar-refractivity contribution is 0.247. The summed E-state index contributed by atoms with van der Waals surface area (Å²) >= 11 is 0. The monoisotopic (exact) mass is 280 g/mol. The van der Waals surface area contributed by atoms with Crippen LogP contribution in [-0.2, 0) is 10.0 Å². The minimum Gasteiger partial charge on any atom is -0.329 e. The summed E-state index contributed by atoms with van der Waals surface area (Å²) < 4.78 is 27.0. The molecule has 1 saturated heterocycles. The van der Waals surface area contributed by atoms with Crippen LogP contribution in [0.2, 0.25) is 0 Å². The maximum atomic E-state index is 12.7. The van der Waals surface area contributed by atoms with E-state index in [0.29, 0.717) is 29.8 Å². The summed E-state index contributed by atoms with van der Waals surface area (Å²) in [5.74, 6) is 1.26. The summed E-state index contributed by atoms with van der Waals surface area (Å²) in [6, 6.07) is 7.03. The summed E-state index contributed by atoms with van der Waals surface area (Å²) in [4.78, 5) is 0.385. The molecular weight excluding hydrogens is 260 g/mol. The van der Waals surface area contributed by atoms with Crippen molar-refractivity contribution in [2.45, 2.75) is 30.7 Å². The van der Waals surface area contributed by atoms with Crippen molar-refractivity contribution in [1.29, 1.82) is 0 Å². The second kappa shape index (κ2) is 4.58. The number of rotatable bonds is 3. The van der Waals surface area contributed by atoms with Gasteiger partial charge in [0.25, 0.3) is 0 Å². The molecule has 0 radical (unpaired) electrons. The van der Waals surface area contributed by atoms with Gasteiger partial charge in [0.15, 0.2) is 0 Å². The number of sulfonamides is 1. The van der Waals surface area contributed by atoms with Crippen molar-refractivity contribution in [2.75, 3.05) is 13.1 Å². The minimum atomic E-state index is -3.39. The first-order valence-corrected chi connectivity index (χ1v) is 8.25. The van der Waals surface area contributed by atoms with Gasteiger partial charge in [-0.15, -0.1) is 0 Å². The van der Waals surface area contributed by atoms with Gasteiger partial charge >= 0.3 is 0 Å². The van der Waals surface area contributed by atoms with E-state index in [9.17, 15) is 8.42 Å². The van der Waals surface area contributed by atoms with Crippen molar-refractivity contribution in [2.24, 2.45) is 17.6 Å². The fourth-order valence-corrected chi connectivity index (χ4v) is 4.73. The van der Waals surface area contributed by atoms with E-state index >= 15 is 0 Å². The first kappa shape index (κ1) is 13.1. The Morgan fingerprint density at radius 2 is 1.89 bits per heavy atom. The third kappa shape index (κ3) is 2.30. The maximum absolute atomic E-state index is 12.7. The van der Waals surface area contributed by atoms with Crippen LogP contribution in [0.4, 0.5) is 0 Å². The molecule has 2 fully saturated rings. The molecule has 104 valence electrons. The number of nitrogens with zero attached hydrogens (tertiary/aromatic N) is 1. The summed E-state index contributed by atoms with van der Waals surface area (Å²) in [6.45, 7) is 3.01. The molecule has 2 N–H and O–H groups in total. The molecule has 2 aliphatic rings. The molecule has 1 saturated carbocycles. The zero-order valence-corrected chi connectivity index (χ0v) is 11.9. The third-order valence-electron chi connectivity index (χ3n) is 4.37. The molecular formula is C14H20N2O2S. The van der Waals surface area contributed by atoms with Crippen LogP contribution in [0.5, 0.6) is 0 Å². The van der Waals surface area contributed by atoms with Crippen molar-refractivity contribution in [3.8, 4) is 0 Å². The maximum Gasteiger partial charge on any atom is 0.243 e. The normalized spacial score (nSPS) is 30.9. The Kier molecular flexibility index (Phi) is 3.15. The van der Waals surface area contributed by atoms with E-state index in [1.807, 2.05) is 19.1 Å². The molecule has 1 heterocycles. The van der Waals surface area contributed by atoms with Gasteiger partial charge in [-0.25, -0.2) is 8.42 Å². The van der Waals surface area contributed by atoms with E-state index in [0.717, 1.165) is 18.4 Å². The Morgan fingerprint density at radius 1 is 1.21 bits per heavy atom. The van der Waals surface area contributed by atoms with Crippen molar-refractivity contribution in [3.63, 3.8) is 0 Å². The van der Waals surface area contributed by atoms with Gasteiger partial charge in [-0.1, -0.05) is 17.7 Å². The quantitative estimate of drug-likeness (QED) is 0.909. The molecule has 0 spiro atoms. The molecule has 19 heavy (non-hydrogen) atoms. The average Bonchev–Trinajstić information content (AvgIpc) is 3.15. The molecule has 1 aromatic carbocycles. The molecule has 1 aliphatic heterocycles. The van der Waals surface area contributed by atoms with Crippen LogP contribution in [0.1, 0.15) is 18.4 Å². The molecule has 0 amide bonds. The Bertz CT molecular complexity index is 568. The number of aryl methyl sites for hydroxylation is 1. The van der Waals surface area contributed by atoms with Gasteiger partial charge in [-0.3, -0.25) is 0 Å². The largest absolute Gasteiger partial charge is 0.329 e. The molecule has 5 heteroatoms. The predicted molar refractivity (Wildman–Crippen MR) is 74.1 cm³/mol. The topological polar surface area (TPSA) is 63.4 Å². The molecule has 4 nitrogen and oxygen atoms in total. The lowest BCUT2D eigenvalue weighted by atomic mass is 10.1. The van der Waals surface area contributed by atoms with Gasteiger partial charge in [0.1, 0.15) is 0 Å². The summed E-state index contributed by atoms with van der Waals surface area (Å²) in [5.41, 5.74) is 6.83. The third-order valence-corrected chi connectivity index (χ3v) is 6.30. The SMILES string of the molecule is Cc1ccc(S(=O)(=O)N2CC3CC3CC2CN)cc1. The highest BCUT2D eigenvalue weighted by molar-refractivity contribution is 7.89. The van der Waals surface area contributed by atoms with Gasteiger partial charge in [0.2, 0.25) is 10.0 Å². The van der Waals surface area contributed by atoms with Gasteiger partial charge in [-0.2, -0.15) is 4.31 Å². The molecule has 3 rings (SSSR count). The highest BCUT2D eigenvalue weighted by Gasteiger charge is 2.48. The summed E-state index contributed by atoms with van der Waals surface area (Å²) in [7, 11) is -3.39. The first-order chi connectivity index (χ1) is 9.02. The zero-order chi connectivity index (χ0) is 13.6. The average molecular weight is 280 g/mol. The van der Waals surface area contributed by atoms with Gasteiger partial charge in [-0.05, 0) is 43.7 Å². The van der Waals surface area contributed by atoms with E-state index in [1.54, 1.807) is 16.4 Å². The van der Waals surface area contributed by atoms with E-state index < -0.39 is 10.0 Å². The number of hydrogen-bond donors (Lipinski definition) is 1. The number of benzene rings is 1. The van der Waals surface area contributed by atoms with Crippen LogP contribution in [0, 0.1) is 18.8 Å². The van der Waals surface area contributed by atoms with Crippen LogP contribution < -0.4 is 5.73 Å². The second-order valence-corrected chi connectivity index (χ2v) is 7.66. The highest BCUT2D eigenvalue weighted by Crippen LogP contribution is 2.48. The molecule has 0 aromatic heterocycles. The number of fused-ring (bicyclic) bond motifs is 1. The van der Waals surface area contributed by atoms with Gasteiger partial charge < -0.3 is 5.73 Å². The predicted octanol–water partition coefficient (Wildman–Crippen LogP) is 1.35. The summed E-state index contributed by atoms with van der Waals surface area (Å²) in [6.07, 6.45) is 2.09. The lowest BCUT2D eigenvalue weighted by Gasteiger charge is -2.33. The molecule has 1 aromatic rings. The van der Waals surface area contributed by atoms with Crippen molar-refractivity contribution < 1.29 is 8.42 Å². The number of nitrogens with two attached hydrogens (primary N) is 1. The lowest BCUT2D eigenvalue weighted by Crippen LogP contribution is -2.48. The fourth-order valence-electron chi connectivity index (χ4n) is 3.02. The zero-order valence-electron chi connectivity index (χ0n) is 11.1. The van der Waals surface area contributed by atoms with Crippen molar-refractivity contribution >= 4 is 10.0 Å². The van der Waals surface area contributed by atoms with E-state index in [4.69, 9.17) is 5.73 Å². The molecule has 1 aliphatic carbocycles. The Labute approximate surface area is 114 Å². The number of piperidine rings is 1. The van der Waals surface area contributed by atoms with Gasteiger partial charge in [0.05, 0.1) is 4.90 Å². The van der Waals surface area contributed by atoms with Crippen molar-refractivity contribution in [3.05, 3.63) is 29.8 Å². The standard InChI is InChI=1S/C14H20N2O2S/c1-10-2-4-14(5-3-10)19(17,18)16-9-12-6-11(12)7-13(16)8-15/h2-5,11-13H,6-9,15H2,1H3. The van der Waals surface area contributed by atoms with E-state index in [2.05, 4.69) is 0 Å². The second-order valence-electron chi connectivity index (χ2n) is 5.77. The Hall–Kier alpha value is -0.910. The smallest absolute Gasteiger partial charge is 0.243 e. The van der Waals surface area contributed by atoms with E-state index in [-0.39, 0.29) is 6.04 Å². The Morgan fingerprint density at radius 3 is 2.53 bits per heavy atom. The van der Waals surface area contributed by atoms with Crippen LogP contribution in [0.25, 0.3) is 0 Å². The highest BCUT2D eigenvalue weighted by atomic mass is 32.2. The number of hydrogen-bond acceptors (Lipinski definition) is 3. The van der Waals surface area contributed by atoms with Crippen LogP contribution in [0.3, 0.4) is 0 Å². The fraction of sp³-hybridized carbons (Fsp3) is 0.571. The van der Waals surface area contributed by atoms with Crippen LogP contribution in [0.15, 0.2) is 29.2 Å². The molecule has 3 unspecified atom stereocenters. The minimum absolute atomic E-state index is 0.0324. The Balaban J connectivity index is 1.92. The molecule has 3 atom stereocenters. The van der Waals surface area contributed by atoms with Crippen LogP contribution >= 0.6 is 0 Å². The van der Waals surface area contributed by atoms with E-state index in [1.165, 1.54) is 0 Å². The van der Waals surface area contributed by atoms with Gasteiger partial charge in [0, 0.05) is 19.1 Å². The first-order valence-electron chi connectivity index (χ1n) is 6.81.